The van der Waals surface area contributed by atoms with Crippen molar-refractivity contribution in [3.8, 4) is 11.6 Å². The molecule has 2 aliphatic rings. The molecule has 1 aromatic heterocycles. The third-order valence-corrected chi connectivity index (χ3v) is 5.39. The second-order valence-electron chi connectivity index (χ2n) is 7.15. The lowest BCUT2D eigenvalue weighted by molar-refractivity contribution is 0.0863. The van der Waals surface area contributed by atoms with Crippen LogP contribution in [0.1, 0.15) is 47.3 Å². The molecule has 2 atom stereocenters. The summed E-state index contributed by atoms with van der Waals surface area (Å²) < 4.78 is 11.0. The number of Topliss-reactive ketones (excluding diaryl/α,β-unsaturated/α-hetero) is 1. The van der Waals surface area contributed by atoms with Crippen LogP contribution in [0.25, 0.3) is 0 Å². The molecule has 8 heteroatoms. The minimum Gasteiger partial charge on any atom is -0.437 e. The second kappa shape index (κ2) is 7.38. The Balaban J connectivity index is 1.45. The summed E-state index contributed by atoms with van der Waals surface area (Å²) in [5.41, 5.74) is 2.72. The Bertz CT molecular complexity index is 858. The molecule has 0 radical (unpaired) electrons. The normalized spacial score (nSPS) is 21.4. The van der Waals surface area contributed by atoms with Crippen molar-refractivity contribution < 1.29 is 24.3 Å². The Labute approximate surface area is 157 Å². The van der Waals surface area contributed by atoms with Gasteiger partial charge in [-0.2, -0.15) is 0 Å². The summed E-state index contributed by atoms with van der Waals surface area (Å²) in [7, 11) is -0.944. The summed E-state index contributed by atoms with van der Waals surface area (Å²) in [6.07, 6.45) is 5.30. The van der Waals surface area contributed by atoms with E-state index in [2.05, 4.69) is 9.97 Å². The molecule has 1 aliphatic carbocycles. The summed E-state index contributed by atoms with van der Waals surface area (Å²) in [4.78, 5) is 20.7. The zero-order valence-electron chi connectivity index (χ0n) is 15.1. The first-order chi connectivity index (χ1) is 13.0. The monoisotopic (exact) mass is 368 g/mol. The van der Waals surface area contributed by atoms with Gasteiger partial charge in [-0.3, -0.25) is 4.79 Å². The molecule has 2 aromatic rings. The van der Waals surface area contributed by atoms with Gasteiger partial charge in [0.25, 0.3) is 0 Å². The number of aromatic nitrogens is 2. The number of hydrogen-bond acceptors (Lipinski definition) is 7. The molecular formula is C19H21BN2O5. The third kappa shape index (κ3) is 3.60. The number of rotatable bonds is 5. The molecule has 2 N–H and O–H groups in total. The van der Waals surface area contributed by atoms with Crippen molar-refractivity contribution in [2.24, 2.45) is 5.92 Å². The summed E-state index contributed by atoms with van der Waals surface area (Å²) in [6.45, 7) is 2.23. The lowest BCUT2D eigenvalue weighted by Crippen LogP contribution is -2.30. The first-order valence-corrected chi connectivity index (χ1v) is 9.16. The van der Waals surface area contributed by atoms with Crippen LogP contribution in [0.2, 0.25) is 0 Å². The highest BCUT2D eigenvalue weighted by atomic mass is 16.5. The Morgan fingerprint density at radius 2 is 2.19 bits per heavy atom. The molecule has 0 saturated heterocycles. The highest BCUT2D eigenvalue weighted by Crippen LogP contribution is 2.29. The van der Waals surface area contributed by atoms with Crippen molar-refractivity contribution in [3.63, 3.8) is 0 Å². The van der Waals surface area contributed by atoms with Gasteiger partial charge >= 0.3 is 7.12 Å². The molecule has 140 valence electrons. The minimum atomic E-state index is -0.944. The molecule has 0 unspecified atom stereocenters. The predicted molar refractivity (Wildman–Crippen MR) is 98.0 cm³/mol. The molecule has 1 aromatic carbocycles. The van der Waals surface area contributed by atoms with Crippen LogP contribution >= 0.6 is 0 Å². The largest absolute Gasteiger partial charge is 0.492 e. The Hall–Kier alpha value is -2.29. The lowest BCUT2D eigenvalue weighted by Gasteiger charge is -2.13. The number of ketones is 1. The van der Waals surface area contributed by atoms with Crippen molar-refractivity contribution in [2.75, 3.05) is 0 Å². The van der Waals surface area contributed by atoms with E-state index in [9.17, 15) is 14.9 Å². The van der Waals surface area contributed by atoms with E-state index in [0.717, 1.165) is 35.9 Å². The smallest absolute Gasteiger partial charge is 0.437 e. The number of ether oxygens (including phenoxy) is 1. The molecule has 4 rings (SSSR count). The maximum absolute atomic E-state index is 12.3. The molecule has 0 bridgehead atoms. The van der Waals surface area contributed by atoms with Crippen molar-refractivity contribution >= 4 is 18.4 Å². The van der Waals surface area contributed by atoms with E-state index in [1.165, 1.54) is 12.4 Å². The van der Waals surface area contributed by atoms with E-state index >= 15 is 0 Å². The highest BCUT2D eigenvalue weighted by molar-refractivity contribution is 6.62. The van der Waals surface area contributed by atoms with Gasteiger partial charge in [0.1, 0.15) is 11.4 Å². The molecule has 2 heterocycles. The fraction of sp³-hybridized carbons (Fsp3) is 0.421. The van der Waals surface area contributed by atoms with Crippen molar-refractivity contribution in [1.82, 2.24) is 9.97 Å². The number of hydrogen-bond donors (Lipinski definition) is 2. The number of aliphatic hydroxyl groups is 1. The van der Waals surface area contributed by atoms with Gasteiger partial charge in [0.2, 0.25) is 5.88 Å². The molecule has 1 saturated carbocycles. The molecule has 27 heavy (non-hydrogen) atoms. The van der Waals surface area contributed by atoms with Crippen molar-refractivity contribution in [2.45, 2.75) is 45.3 Å². The molecule has 7 nitrogen and oxygen atoms in total. The minimum absolute atomic E-state index is 0.0120. The molecule has 0 spiro atoms. The van der Waals surface area contributed by atoms with Crippen molar-refractivity contribution in [3.05, 3.63) is 41.3 Å². The molecule has 1 aliphatic heterocycles. The Morgan fingerprint density at radius 1 is 1.33 bits per heavy atom. The summed E-state index contributed by atoms with van der Waals surface area (Å²) in [5.74, 6) is 0.719. The van der Waals surface area contributed by atoms with E-state index in [-0.39, 0.29) is 29.7 Å². The number of benzene rings is 1. The van der Waals surface area contributed by atoms with Gasteiger partial charge in [-0.15, -0.1) is 0 Å². The summed E-state index contributed by atoms with van der Waals surface area (Å²) in [6, 6.07) is 3.66. The lowest BCUT2D eigenvalue weighted by atomic mass is 9.76. The number of fused-ring (bicyclic) bond motifs is 1. The highest BCUT2D eigenvalue weighted by Gasteiger charge is 2.31. The van der Waals surface area contributed by atoms with Gasteiger partial charge in [0.15, 0.2) is 5.78 Å². The van der Waals surface area contributed by atoms with Gasteiger partial charge in [0.05, 0.1) is 25.1 Å². The first kappa shape index (κ1) is 18.1. The quantitative estimate of drug-likeness (QED) is 0.610. The van der Waals surface area contributed by atoms with Crippen molar-refractivity contribution in [1.29, 1.82) is 0 Å². The third-order valence-electron chi connectivity index (χ3n) is 5.39. The van der Waals surface area contributed by atoms with E-state index in [0.29, 0.717) is 12.4 Å². The number of carbonyl (C=O) groups excluding carboxylic acids is 1. The number of nitrogens with zero attached hydrogens (tertiary/aromatic N) is 2. The fourth-order valence-electron chi connectivity index (χ4n) is 3.82. The molecule has 1 fully saturated rings. The molecule has 0 amide bonds. The van der Waals surface area contributed by atoms with Gasteiger partial charge < -0.3 is 19.5 Å². The van der Waals surface area contributed by atoms with Crippen LogP contribution in [0.3, 0.4) is 0 Å². The van der Waals surface area contributed by atoms with Crippen LogP contribution in [0.15, 0.2) is 24.5 Å². The average molecular weight is 368 g/mol. The van der Waals surface area contributed by atoms with Crippen LogP contribution < -0.4 is 10.2 Å². The number of carbonyl (C=O) groups is 1. The Kier molecular flexibility index (Phi) is 4.95. The zero-order valence-corrected chi connectivity index (χ0v) is 15.1. The fourth-order valence-corrected chi connectivity index (χ4v) is 3.82. The van der Waals surface area contributed by atoms with Crippen LogP contribution in [-0.2, 0) is 11.3 Å². The topological polar surface area (TPSA) is 102 Å². The zero-order chi connectivity index (χ0) is 19.0. The van der Waals surface area contributed by atoms with Gasteiger partial charge in [-0.25, -0.2) is 9.97 Å². The maximum atomic E-state index is 12.3. The van der Waals surface area contributed by atoms with Crippen LogP contribution in [0, 0.1) is 12.8 Å². The SMILES string of the molecule is Cc1c(Oc2cnc(C(=O)C[C@@H]3CCC[C@H]3O)cn2)ccc2c1B(O)OC2. The Morgan fingerprint density at radius 3 is 2.89 bits per heavy atom. The van der Waals surface area contributed by atoms with E-state index in [1.54, 1.807) is 6.07 Å². The average Bonchev–Trinajstić information content (AvgIpc) is 3.24. The van der Waals surface area contributed by atoms with Gasteiger partial charge in [0, 0.05) is 6.42 Å². The van der Waals surface area contributed by atoms with E-state index in [4.69, 9.17) is 9.39 Å². The van der Waals surface area contributed by atoms with Gasteiger partial charge in [-0.05, 0) is 48.3 Å². The molecular weight excluding hydrogens is 347 g/mol. The summed E-state index contributed by atoms with van der Waals surface area (Å²) >= 11 is 0. The first-order valence-electron chi connectivity index (χ1n) is 9.16. The van der Waals surface area contributed by atoms with Crippen LogP contribution in [0.5, 0.6) is 11.6 Å². The van der Waals surface area contributed by atoms with E-state index in [1.807, 2.05) is 13.0 Å². The van der Waals surface area contributed by atoms with E-state index < -0.39 is 13.2 Å². The number of aliphatic hydroxyl groups excluding tert-OH is 1. The maximum Gasteiger partial charge on any atom is 0.492 e. The summed E-state index contributed by atoms with van der Waals surface area (Å²) in [5, 5.41) is 19.8. The standard InChI is InChI=1S/C19H21BN2O5/c1-11-17(6-5-13-10-26-20(25)19(11)13)27-18-9-21-14(8-22-18)16(24)7-12-3-2-4-15(12)23/h5-6,8-9,12,15,23,25H,2-4,7,10H2,1H3/t12-,15+/m0/s1. The predicted octanol–water partition coefficient (Wildman–Crippen LogP) is 1.53. The second-order valence-corrected chi connectivity index (χ2v) is 7.15. The van der Waals surface area contributed by atoms with Gasteiger partial charge in [-0.1, -0.05) is 12.5 Å². The van der Waals surface area contributed by atoms with Crippen LogP contribution in [0.4, 0.5) is 0 Å². The van der Waals surface area contributed by atoms with Crippen LogP contribution in [-0.4, -0.2) is 39.1 Å².